The Hall–Kier alpha value is -2.31. The van der Waals surface area contributed by atoms with Crippen LogP contribution in [0.5, 0.6) is 0 Å². The number of carbonyl (C=O) groups is 2. The fourth-order valence-corrected chi connectivity index (χ4v) is 5.81. The molecule has 2 atom stereocenters. The van der Waals surface area contributed by atoms with Crippen molar-refractivity contribution < 1.29 is 14.0 Å². The van der Waals surface area contributed by atoms with E-state index in [4.69, 9.17) is 11.6 Å². The van der Waals surface area contributed by atoms with Crippen molar-refractivity contribution in [1.29, 1.82) is 0 Å². The van der Waals surface area contributed by atoms with Crippen molar-refractivity contribution in [1.82, 2.24) is 10.2 Å². The second-order valence-corrected chi connectivity index (χ2v) is 9.53. The molecule has 4 rings (SSSR count). The Bertz CT molecular complexity index is 1010. The Kier molecular flexibility index (Phi) is 6.98. The van der Waals surface area contributed by atoms with Crippen molar-refractivity contribution in [3.05, 3.63) is 75.4 Å². The summed E-state index contributed by atoms with van der Waals surface area (Å²) >= 11 is 7.69. The van der Waals surface area contributed by atoms with Gasteiger partial charge < -0.3 is 10.2 Å². The Morgan fingerprint density at radius 1 is 1.16 bits per heavy atom. The first-order chi connectivity index (χ1) is 15.0. The highest BCUT2D eigenvalue weighted by Crippen LogP contribution is 2.42. The van der Waals surface area contributed by atoms with Gasteiger partial charge in [0.1, 0.15) is 12.4 Å². The molecule has 1 saturated heterocycles. The van der Waals surface area contributed by atoms with Crippen LogP contribution >= 0.6 is 23.4 Å². The molecular formula is C24H24ClFN2O2S. The Balaban J connectivity index is 1.51. The molecule has 2 aromatic carbocycles. The molecule has 2 unspecified atom stereocenters. The summed E-state index contributed by atoms with van der Waals surface area (Å²) in [5.41, 5.74) is 1.21. The van der Waals surface area contributed by atoms with Crippen molar-refractivity contribution in [2.45, 2.75) is 43.5 Å². The molecule has 1 heterocycles. The van der Waals surface area contributed by atoms with Crippen LogP contribution in [0.25, 0.3) is 6.08 Å². The number of amides is 2. The average molecular weight is 459 g/mol. The largest absolute Gasteiger partial charge is 0.350 e. The van der Waals surface area contributed by atoms with Crippen molar-refractivity contribution in [3.8, 4) is 0 Å². The monoisotopic (exact) mass is 458 g/mol. The lowest BCUT2D eigenvalue weighted by Crippen LogP contribution is -2.54. The number of hydrogen-bond donors (Lipinski definition) is 1. The van der Waals surface area contributed by atoms with Gasteiger partial charge in [-0.3, -0.25) is 9.59 Å². The van der Waals surface area contributed by atoms with E-state index in [1.165, 1.54) is 17.8 Å². The van der Waals surface area contributed by atoms with E-state index >= 15 is 0 Å². The van der Waals surface area contributed by atoms with Crippen LogP contribution < -0.4 is 5.32 Å². The zero-order valence-corrected chi connectivity index (χ0v) is 18.6. The number of benzene rings is 2. The van der Waals surface area contributed by atoms with Crippen molar-refractivity contribution >= 4 is 41.3 Å². The zero-order valence-electron chi connectivity index (χ0n) is 17.0. The summed E-state index contributed by atoms with van der Waals surface area (Å²) < 4.78 is 14.2. The van der Waals surface area contributed by atoms with Gasteiger partial charge in [0.05, 0.1) is 4.91 Å². The van der Waals surface area contributed by atoms with Gasteiger partial charge in [-0.25, -0.2) is 4.39 Å². The fraction of sp³-hybridized carbons (Fsp3) is 0.333. The highest BCUT2D eigenvalue weighted by Gasteiger charge is 2.41. The number of hydrogen-bond acceptors (Lipinski definition) is 3. The molecule has 1 N–H and O–H groups in total. The molecule has 4 nitrogen and oxygen atoms in total. The second kappa shape index (κ2) is 9.88. The number of fused-ring (bicyclic) bond motifs is 1. The van der Waals surface area contributed by atoms with E-state index in [1.54, 1.807) is 35.2 Å². The Labute approximate surface area is 190 Å². The minimum Gasteiger partial charge on any atom is -0.350 e. The maximum atomic E-state index is 14.2. The molecule has 2 aromatic rings. The highest BCUT2D eigenvalue weighted by atomic mass is 35.5. The van der Waals surface area contributed by atoms with Crippen LogP contribution in [0.4, 0.5) is 4.39 Å². The van der Waals surface area contributed by atoms with Crippen molar-refractivity contribution in [2.75, 3.05) is 6.54 Å². The lowest BCUT2D eigenvalue weighted by molar-refractivity contribution is -0.135. The van der Waals surface area contributed by atoms with E-state index in [-0.39, 0.29) is 35.5 Å². The summed E-state index contributed by atoms with van der Waals surface area (Å²) in [7, 11) is 0. The number of nitrogens with zero attached hydrogens (tertiary/aromatic N) is 1. The van der Waals surface area contributed by atoms with Crippen molar-refractivity contribution in [3.63, 3.8) is 0 Å². The van der Waals surface area contributed by atoms with Gasteiger partial charge in [0.25, 0.3) is 5.91 Å². The minimum atomic E-state index is -0.363. The van der Waals surface area contributed by atoms with Gasteiger partial charge in [0.15, 0.2) is 0 Å². The smallest absolute Gasteiger partial charge is 0.261 e. The quantitative estimate of drug-likeness (QED) is 0.640. The lowest BCUT2D eigenvalue weighted by Gasteiger charge is -2.43. The number of nitrogens with one attached hydrogen (secondary N) is 1. The summed E-state index contributed by atoms with van der Waals surface area (Å²) in [4.78, 5) is 28.1. The van der Waals surface area contributed by atoms with E-state index in [0.29, 0.717) is 22.0 Å². The van der Waals surface area contributed by atoms with Crippen LogP contribution in [0.3, 0.4) is 0 Å². The van der Waals surface area contributed by atoms with E-state index < -0.39 is 0 Å². The topological polar surface area (TPSA) is 49.4 Å². The second-order valence-electron chi connectivity index (χ2n) is 7.84. The summed E-state index contributed by atoms with van der Waals surface area (Å²) in [6, 6.07) is 13.8. The third kappa shape index (κ3) is 5.13. The molecular weight excluding hydrogens is 435 g/mol. The van der Waals surface area contributed by atoms with Gasteiger partial charge >= 0.3 is 0 Å². The highest BCUT2D eigenvalue weighted by molar-refractivity contribution is 8.04. The molecule has 0 aromatic heterocycles. The van der Waals surface area contributed by atoms with Gasteiger partial charge in [-0.05, 0) is 36.6 Å². The van der Waals surface area contributed by atoms with Gasteiger partial charge in [0.2, 0.25) is 5.91 Å². The molecule has 31 heavy (non-hydrogen) atoms. The molecule has 0 radical (unpaired) electrons. The summed E-state index contributed by atoms with van der Waals surface area (Å²) in [6.45, 7) is 0.293. The molecule has 2 aliphatic rings. The van der Waals surface area contributed by atoms with Crippen LogP contribution in [0.1, 0.15) is 36.8 Å². The van der Waals surface area contributed by atoms with E-state index in [1.807, 2.05) is 18.2 Å². The van der Waals surface area contributed by atoms with Crippen molar-refractivity contribution in [2.24, 2.45) is 0 Å². The van der Waals surface area contributed by atoms with Gasteiger partial charge in [0, 0.05) is 28.4 Å². The molecule has 1 aliphatic heterocycles. The molecule has 0 bridgehead atoms. The first-order valence-electron chi connectivity index (χ1n) is 10.5. The third-order valence-electron chi connectivity index (χ3n) is 5.76. The van der Waals surface area contributed by atoms with E-state index in [9.17, 15) is 14.0 Å². The molecule has 2 fully saturated rings. The lowest BCUT2D eigenvalue weighted by atomic mass is 9.93. The number of halogens is 2. The summed E-state index contributed by atoms with van der Waals surface area (Å²) in [5.74, 6) is -0.794. The van der Waals surface area contributed by atoms with E-state index in [0.717, 1.165) is 31.2 Å². The predicted octanol–water partition coefficient (Wildman–Crippen LogP) is 5.02. The molecule has 7 heteroatoms. The van der Waals surface area contributed by atoms with E-state index in [2.05, 4.69) is 5.32 Å². The SMILES string of the molecule is O=C(CN1C(=O)/C(=C/c2ccccc2F)SC2CCCCC21)NCc1ccccc1Cl. The maximum absolute atomic E-state index is 14.2. The predicted molar refractivity (Wildman–Crippen MR) is 123 cm³/mol. The standard InChI is InChI=1S/C24H24ClFN2O2S/c25-18-9-3-1-8-17(18)14-27-23(29)15-28-20-11-5-6-12-21(20)31-22(24(28)30)13-16-7-2-4-10-19(16)26/h1-4,7-10,13,20-21H,5-6,11-12,14-15H2,(H,27,29)/b22-13-. The first kappa shape index (κ1) is 21.9. The molecule has 1 saturated carbocycles. The van der Waals surface area contributed by atoms with Gasteiger partial charge in [-0.1, -0.05) is 60.8 Å². The van der Waals surface area contributed by atoms with Gasteiger partial charge in [-0.15, -0.1) is 11.8 Å². The Morgan fingerprint density at radius 2 is 1.90 bits per heavy atom. The first-order valence-corrected chi connectivity index (χ1v) is 11.7. The number of thioether (sulfide) groups is 1. The Morgan fingerprint density at radius 3 is 2.71 bits per heavy atom. The maximum Gasteiger partial charge on any atom is 0.261 e. The average Bonchev–Trinajstić information content (AvgIpc) is 2.77. The molecule has 1 aliphatic carbocycles. The molecule has 162 valence electrons. The fourth-order valence-electron chi connectivity index (χ4n) is 4.14. The zero-order chi connectivity index (χ0) is 21.8. The summed E-state index contributed by atoms with van der Waals surface area (Å²) in [5, 5.41) is 3.69. The minimum absolute atomic E-state index is 0.0143. The van der Waals surface area contributed by atoms with Crippen LogP contribution in [0.2, 0.25) is 5.02 Å². The van der Waals surface area contributed by atoms with Gasteiger partial charge in [-0.2, -0.15) is 0 Å². The summed E-state index contributed by atoms with van der Waals surface area (Å²) in [6.07, 6.45) is 5.62. The molecule has 2 amide bonds. The molecule has 0 spiro atoms. The number of rotatable bonds is 5. The van der Waals surface area contributed by atoms with Crippen LogP contribution in [-0.4, -0.2) is 34.6 Å². The van der Waals surface area contributed by atoms with Crippen LogP contribution in [0, 0.1) is 5.82 Å². The van der Waals surface area contributed by atoms with Crippen LogP contribution in [0.15, 0.2) is 53.4 Å². The number of carbonyl (C=O) groups excluding carboxylic acids is 2. The normalized spacial score (nSPS) is 22.3. The van der Waals surface area contributed by atoms with Crippen LogP contribution in [-0.2, 0) is 16.1 Å². The third-order valence-corrected chi connectivity index (χ3v) is 7.53.